The molecule has 10 rings (SSSR count). The fraction of sp³-hybridized carbons (Fsp3) is 0. The van der Waals surface area contributed by atoms with Gasteiger partial charge in [-0.25, -0.2) is 0 Å². The monoisotopic (exact) mass is 672 g/mol. The van der Waals surface area contributed by atoms with Crippen molar-refractivity contribution in [1.29, 1.82) is 0 Å². The summed E-state index contributed by atoms with van der Waals surface area (Å²) < 4.78 is 266. The van der Waals surface area contributed by atoms with E-state index in [2.05, 4.69) is 0 Å². The molecule has 0 fully saturated rings. The van der Waals surface area contributed by atoms with Crippen LogP contribution in [0.3, 0.4) is 0 Å². The van der Waals surface area contributed by atoms with Crippen LogP contribution in [0.5, 0.6) is 0 Å². The predicted octanol–water partition coefficient (Wildman–Crippen LogP) is 13.9. The van der Waals surface area contributed by atoms with Crippen molar-refractivity contribution >= 4 is 81.3 Å². The first kappa shape index (κ1) is 11.5. The number of fused-ring (bicyclic) bond motifs is 8. The van der Waals surface area contributed by atoms with Gasteiger partial charge in [0.15, 0.2) is 0 Å². The Kier molecular flexibility index (Phi) is 2.63. The quantitative estimate of drug-likeness (QED) is 0.181. The minimum absolute atomic E-state index is 0.152. The van der Waals surface area contributed by atoms with E-state index in [1.165, 1.54) is 0 Å². The number of furan rings is 1. The third-order valence-corrected chi connectivity index (χ3v) is 8.59. The third-order valence-electron chi connectivity index (χ3n) is 7.57. The Balaban J connectivity index is 1.44. The molecule has 49 heavy (non-hydrogen) atoms. The van der Waals surface area contributed by atoms with Crippen molar-refractivity contribution in [2.45, 2.75) is 0 Å². The van der Waals surface area contributed by atoms with Crippen LogP contribution in [0.25, 0.3) is 75.1 Å². The molecule has 0 amide bonds. The molecular formula is C46H29NOS. The zero-order valence-corrected chi connectivity index (χ0v) is 25.1. The fourth-order valence-electron chi connectivity index (χ4n) is 5.46. The zero-order valence-electron chi connectivity index (χ0n) is 53.3. The van der Waals surface area contributed by atoms with Gasteiger partial charge in [0, 0.05) is 42.3 Å². The Morgan fingerprint density at radius 3 is 1.92 bits per heavy atom. The average molecular weight is 673 g/mol. The number of benzene rings is 8. The number of anilines is 3. The summed E-state index contributed by atoms with van der Waals surface area (Å²) in [5, 5.41) is -3.02. The molecule has 230 valence electrons. The van der Waals surface area contributed by atoms with Crippen LogP contribution in [0.4, 0.5) is 17.1 Å². The summed E-state index contributed by atoms with van der Waals surface area (Å²) in [7, 11) is 0. The van der Waals surface area contributed by atoms with Crippen LogP contribution in [0.1, 0.15) is 39.8 Å². The van der Waals surface area contributed by atoms with E-state index in [4.69, 9.17) is 30.5 Å². The maximum atomic E-state index is 9.78. The molecule has 2 aromatic heterocycles. The molecule has 0 unspecified atom stereocenters. The molecule has 2 heterocycles. The van der Waals surface area contributed by atoms with Crippen LogP contribution >= 0.6 is 11.3 Å². The van der Waals surface area contributed by atoms with E-state index < -0.39 is 247 Å². The third kappa shape index (κ3) is 4.55. The van der Waals surface area contributed by atoms with Gasteiger partial charge in [0.05, 0.1) is 50.8 Å². The first-order valence-electron chi connectivity index (χ1n) is 28.7. The molecule has 0 bridgehead atoms. The minimum Gasteiger partial charge on any atom is -0.455 e. The van der Waals surface area contributed by atoms with Crippen LogP contribution in [-0.4, -0.2) is 0 Å². The number of nitrogens with zero attached hydrogens (tertiary/aromatic N) is 1. The van der Waals surface area contributed by atoms with Gasteiger partial charge in [-0.3, -0.25) is 0 Å². The molecule has 10 aromatic rings. The van der Waals surface area contributed by atoms with Crippen molar-refractivity contribution in [3.8, 4) is 22.3 Å². The van der Waals surface area contributed by atoms with E-state index in [1.807, 2.05) is 0 Å². The topological polar surface area (TPSA) is 16.4 Å². The Labute approximate surface area is 328 Å². The molecule has 0 radical (unpaired) electrons. The van der Waals surface area contributed by atoms with Crippen molar-refractivity contribution in [2.75, 3.05) is 4.90 Å². The Morgan fingerprint density at radius 1 is 0.449 bits per heavy atom. The van der Waals surface area contributed by atoms with Gasteiger partial charge in [0.1, 0.15) is 11.2 Å². The number of thiophene rings is 1. The Morgan fingerprint density at radius 2 is 1.10 bits per heavy atom. The van der Waals surface area contributed by atoms with Gasteiger partial charge in [-0.2, -0.15) is 0 Å². The fourth-order valence-corrected chi connectivity index (χ4v) is 6.43. The lowest BCUT2D eigenvalue weighted by atomic mass is 9.99. The summed E-state index contributed by atoms with van der Waals surface area (Å²) in [6.45, 7) is 0. The molecular weight excluding hydrogens is 615 g/mol. The average Bonchev–Trinajstić information content (AvgIpc) is 4.05. The van der Waals surface area contributed by atoms with Crippen molar-refractivity contribution < 1.29 is 44.2 Å². The van der Waals surface area contributed by atoms with Gasteiger partial charge < -0.3 is 9.32 Å². The SMILES string of the molecule is [2H]c1c([2H])c([2H])c(-c2c([2H])c([2H])c(N(c3c([2H])c([2H])c(-c4c([2H])c([2H])c([2H])c5sc6c([2H])c([2H])c([2H])c([2H])c6c45)c([2H])c3[2H])c3c([2H])c([2H])c([2H])c4oc5c6c([2H])c([2H])c([2H])c([2H])c6c([2H])c([2H])c5c34)c([2H])c2[2H])c([2H])c1[2H]. The van der Waals surface area contributed by atoms with E-state index in [0.717, 1.165) is 0 Å². The molecule has 0 spiro atoms. The van der Waals surface area contributed by atoms with Crippen LogP contribution in [-0.2, 0) is 0 Å². The first-order valence-corrected chi connectivity index (χ1v) is 15.1. The van der Waals surface area contributed by atoms with E-state index in [-0.39, 0.29) is 20.2 Å². The van der Waals surface area contributed by atoms with Crippen molar-refractivity contribution in [2.24, 2.45) is 0 Å². The molecule has 2 nitrogen and oxygen atoms in total. The summed E-state index contributed by atoms with van der Waals surface area (Å²) in [5.41, 5.74) is -7.67. The molecule has 0 aliphatic heterocycles. The molecule has 0 N–H and O–H groups in total. The second-order valence-corrected chi connectivity index (χ2v) is 11.3. The molecule has 0 atom stereocenters. The van der Waals surface area contributed by atoms with Crippen molar-refractivity contribution in [3.63, 3.8) is 0 Å². The number of hydrogen-bond donors (Lipinski definition) is 0. The maximum Gasteiger partial charge on any atom is 0.143 e. The molecule has 0 aliphatic carbocycles. The highest BCUT2D eigenvalue weighted by Gasteiger charge is 2.21. The summed E-state index contributed by atoms with van der Waals surface area (Å²) in [4.78, 5) is 0.443. The van der Waals surface area contributed by atoms with E-state index in [9.17, 15) is 13.7 Å². The molecule has 3 heteroatoms. The van der Waals surface area contributed by atoms with Gasteiger partial charge in [-0.1, -0.05) is 121 Å². The highest BCUT2D eigenvalue weighted by Crippen LogP contribution is 2.45. The smallest absolute Gasteiger partial charge is 0.143 e. The Bertz CT molecular complexity index is 4420. The van der Waals surface area contributed by atoms with Crippen LogP contribution in [0.2, 0.25) is 0 Å². The van der Waals surface area contributed by atoms with Crippen LogP contribution in [0, 0.1) is 0 Å². The van der Waals surface area contributed by atoms with Gasteiger partial charge >= 0.3 is 0 Å². The van der Waals surface area contributed by atoms with E-state index in [1.54, 1.807) is 0 Å². The summed E-state index contributed by atoms with van der Waals surface area (Å²) in [6.07, 6.45) is 0. The van der Waals surface area contributed by atoms with E-state index >= 15 is 0 Å². The second-order valence-electron chi connectivity index (χ2n) is 10.3. The second kappa shape index (κ2) is 11.2. The maximum absolute atomic E-state index is 9.78. The molecule has 8 aromatic carbocycles. The standard InChI is InChI=1S/C46H29NOS/c1-2-10-30(11-3-1)31-20-25-34(26-21-31)47(40-16-9-17-41-45(40)39-29-24-32-12-4-5-13-37(32)46(39)48-41)35-27-22-33(23-28-35)36-15-8-19-43-44(36)38-14-6-7-18-42(38)49-43/h1-29H/i1D,2D,3D,4D,5D,6D,7D,8D,9D,10D,11D,12D,13D,14D,15D,16D,17D,18D,19D,20D,21D,22D,23D,24D,25D,26D,27D,28D,29D. The number of rotatable bonds is 5. The highest BCUT2D eigenvalue weighted by atomic mass is 32.1. The lowest BCUT2D eigenvalue weighted by Gasteiger charge is -2.26. The molecule has 0 aliphatic rings. The lowest BCUT2D eigenvalue weighted by molar-refractivity contribution is 0.672. The van der Waals surface area contributed by atoms with Gasteiger partial charge in [-0.05, 0) is 82.0 Å². The summed E-state index contributed by atoms with van der Waals surface area (Å²) in [6, 6.07) is -27.3. The zero-order chi connectivity index (χ0) is 57.5. The number of hydrogen-bond acceptors (Lipinski definition) is 3. The molecule has 0 saturated carbocycles. The van der Waals surface area contributed by atoms with Crippen LogP contribution < -0.4 is 4.90 Å². The van der Waals surface area contributed by atoms with Gasteiger partial charge in [0.2, 0.25) is 0 Å². The molecule has 0 saturated heterocycles. The Hall–Kier alpha value is -6.16. The highest BCUT2D eigenvalue weighted by molar-refractivity contribution is 7.25. The van der Waals surface area contributed by atoms with Gasteiger partial charge in [0.25, 0.3) is 0 Å². The van der Waals surface area contributed by atoms with Gasteiger partial charge in [-0.15, -0.1) is 11.3 Å². The van der Waals surface area contributed by atoms with E-state index in [0.29, 0.717) is 16.2 Å². The first-order chi connectivity index (χ1) is 36.4. The summed E-state index contributed by atoms with van der Waals surface area (Å²) >= 11 is 0.638. The normalized spacial score (nSPS) is 20.0. The van der Waals surface area contributed by atoms with Crippen molar-refractivity contribution in [1.82, 2.24) is 0 Å². The lowest BCUT2D eigenvalue weighted by Crippen LogP contribution is -2.10. The predicted molar refractivity (Wildman–Crippen MR) is 210 cm³/mol. The largest absolute Gasteiger partial charge is 0.455 e. The minimum atomic E-state index is -1.23. The summed E-state index contributed by atoms with van der Waals surface area (Å²) in [5.74, 6) is 0. The van der Waals surface area contributed by atoms with Crippen LogP contribution in [0.15, 0.2) is 180 Å². The van der Waals surface area contributed by atoms with Crippen molar-refractivity contribution in [3.05, 3.63) is 175 Å².